The lowest BCUT2D eigenvalue weighted by atomic mass is 9.44. The fraction of sp³-hybridized carbons (Fsp3) is 0.480. The first-order valence-electron chi connectivity index (χ1n) is 11.2. The third-order valence-corrected chi connectivity index (χ3v) is 10.8. The van der Waals surface area contributed by atoms with E-state index < -0.39 is 21.3 Å². The number of carbonyl (C=O) groups excluding carboxylic acids is 1. The lowest BCUT2D eigenvalue weighted by Gasteiger charge is -2.59. The first kappa shape index (κ1) is 22.3. The molecule has 3 unspecified atom stereocenters. The van der Waals surface area contributed by atoms with Gasteiger partial charge >= 0.3 is 27.2 Å². The van der Waals surface area contributed by atoms with Crippen molar-refractivity contribution in [2.75, 3.05) is 12.4 Å². The summed E-state index contributed by atoms with van der Waals surface area (Å²) in [7, 11) is -4.15. The molecule has 4 saturated carbocycles. The Labute approximate surface area is 200 Å². The smallest absolute Gasteiger partial charge is 0.357 e. The first-order chi connectivity index (χ1) is 15.3. The van der Waals surface area contributed by atoms with Crippen LogP contribution in [0, 0.1) is 30.3 Å². The van der Waals surface area contributed by atoms with Gasteiger partial charge in [0.15, 0.2) is 7.14 Å². The van der Waals surface area contributed by atoms with Crippen molar-refractivity contribution in [3.8, 4) is 0 Å². The maximum Gasteiger partial charge on any atom is 0.357 e. The summed E-state index contributed by atoms with van der Waals surface area (Å²) in [6.07, 6.45) is 5.18. The highest BCUT2D eigenvalue weighted by atomic mass is 127. The molecule has 0 heterocycles. The third kappa shape index (κ3) is 4.48. The number of rotatable bonds is 7. The lowest BCUT2D eigenvalue weighted by Crippen LogP contribution is -3.61. The Kier molecular flexibility index (Phi) is 6.09. The Bertz CT molecular complexity index is 1090. The summed E-state index contributed by atoms with van der Waals surface area (Å²) in [6, 6.07) is 19.3. The molecule has 2 aromatic rings. The lowest BCUT2D eigenvalue weighted by molar-refractivity contribution is -0.597. The van der Waals surface area contributed by atoms with Crippen LogP contribution in [0.5, 0.6) is 0 Å². The average Bonchev–Trinajstić information content (AvgIpc) is 2.73. The molecule has 0 aliphatic heterocycles. The Morgan fingerprint density at radius 1 is 1.00 bits per heavy atom. The monoisotopic (exact) mass is 567 g/mol. The third-order valence-electron chi connectivity index (χ3n) is 7.45. The van der Waals surface area contributed by atoms with E-state index in [0.29, 0.717) is 17.8 Å². The van der Waals surface area contributed by atoms with Crippen LogP contribution >= 0.6 is 0 Å². The van der Waals surface area contributed by atoms with Crippen molar-refractivity contribution in [2.24, 2.45) is 23.2 Å². The van der Waals surface area contributed by atoms with Crippen molar-refractivity contribution in [1.82, 2.24) is 0 Å². The van der Waals surface area contributed by atoms with E-state index in [1.807, 2.05) is 6.07 Å². The topological polar surface area (TPSA) is 80.7 Å². The van der Waals surface area contributed by atoms with Crippen LogP contribution < -0.4 is 21.2 Å². The van der Waals surface area contributed by atoms with Gasteiger partial charge in [-0.25, -0.2) is 0 Å². The van der Waals surface area contributed by atoms with E-state index in [-0.39, 0.29) is 39.7 Å². The van der Waals surface area contributed by atoms with Gasteiger partial charge in [0.05, 0.1) is 5.41 Å². The molecule has 1 N–H and O–H groups in total. The summed E-state index contributed by atoms with van der Waals surface area (Å²) < 4.78 is 39.5. The molecule has 0 amide bonds. The molecule has 4 aliphatic rings. The van der Waals surface area contributed by atoms with Gasteiger partial charge in [-0.2, -0.15) is 8.42 Å². The molecule has 0 spiro atoms. The number of halogens is 1. The molecular formula is C25H28IO5S+. The summed E-state index contributed by atoms with van der Waals surface area (Å²) in [5.74, 6) is 0.880. The van der Waals surface area contributed by atoms with Crippen LogP contribution in [0.3, 0.4) is 0 Å². The summed E-state index contributed by atoms with van der Waals surface area (Å²) in [5, 5.41) is 0. The van der Waals surface area contributed by atoms with Crippen molar-refractivity contribution >= 4 is 16.1 Å². The van der Waals surface area contributed by atoms with Gasteiger partial charge in [-0.3, -0.25) is 9.35 Å². The highest BCUT2D eigenvalue weighted by Gasteiger charge is 2.61. The van der Waals surface area contributed by atoms with Gasteiger partial charge < -0.3 is 4.74 Å². The summed E-state index contributed by atoms with van der Waals surface area (Å²) in [5.41, 5.74) is 0.658. The number of esters is 1. The van der Waals surface area contributed by atoms with E-state index in [4.69, 9.17) is 9.29 Å². The van der Waals surface area contributed by atoms with Gasteiger partial charge in [0.2, 0.25) is 0 Å². The van der Waals surface area contributed by atoms with E-state index in [1.54, 1.807) is 0 Å². The molecule has 4 aliphatic carbocycles. The van der Waals surface area contributed by atoms with E-state index in [2.05, 4.69) is 48.5 Å². The van der Waals surface area contributed by atoms with E-state index in [9.17, 15) is 13.2 Å². The molecule has 2 aromatic carbocycles. The van der Waals surface area contributed by atoms with Crippen molar-refractivity contribution in [3.63, 3.8) is 0 Å². The maximum absolute atomic E-state index is 13.5. The van der Waals surface area contributed by atoms with Gasteiger partial charge in [-0.15, -0.1) is 0 Å². The second-order valence-electron chi connectivity index (χ2n) is 9.61. The Morgan fingerprint density at radius 3 is 2.38 bits per heavy atom. The van der Waals surface area contributed by atoms with Gasteiger partial charge in [0.1, 0.15) is 12.4 Å². The fourth-order valence-corrected chi connectivity index (χ4v) is 9.36. The van der Waals surface area contributed by atoms with Gasteiger partial charge in [0, 0.05) is 5.92 Å². The second-order valence-corrected chi connectivity index (χ2v) is 14.2. The van der Waals surface area contributed by atoms with E-state index in [1.165, 1.54) is 32.0 Å². The summed E-state index contributed by atoms with van der Waals surface area (Å²) in [6.45, 7) is -0.286. The van der Waals surface area contributed by atoms with Crippen molar-refractivity contribution in [3.05, 3.63) is 67.3 Å². The first-order valence-corrected chi connectivity index (χ1v) is 15.0. The fourth-order valence-electron chi connectivity index (χ4n) is 6.67. The van der Waals surface area contributed by atoms with Crippen LogP contribution in [-0.4, -0.2) is 31.3 Å². The molecule has 5 nitrogen and oxygen atoms in total. The van der Waals surface area contributed by atoms with Crippen molar-refractivity contribution in [1.29, 1.82) is 0 Å². The van der Waals surface area contributed by atoms with Crippen LogP contribution in [0.4, 0.5) is 0 Å². The van der Waals surface area contributed by atoms with Crippen LogP contribution in [-0.2, 0) is 19.6 Å². The molecule has 0 radical (unpaired) electrons. The quantitative estimate of drug-likeness (QED) is 0.309. The highest BCUT2D eigenvalue weighted by molar-refractivity contribution is 7.85. The Balaban J connectivity index is 1.44. The molecule has 0 aromatic heterocycles. The normalized spacial score (nSPS) is 30.9. The summed E-state index contributed by atoms with van der Waals surface area (Å²) in [4.78, 5) is 13.5. The standard InChI is InChI=1S/C25H27IO5S/c27-24(31-9-10-32(28,29)30)25-15-17-11-18(16-25)13-20(12-17)23(25)19-5-4-8-22(14-19)26-21-6-2-1-3-7-21/h1-8,14,17-18,20,23H,9-13,15-16H2/p+1. The van der Waals surface area contributed by atoms with Gasteiger partial charge in [-0.1, -0.05) is 30.3 Å². The molecule has 0 saturated heterocycles. The predicted octanol–water partition coefficient (Wildman–Crippen LogP) is 1.16. The molecular weight excluding hydrogens is 539 g/mol. The van der Waals surface area contributed by atoms with Gasteiger partial charge in [-0.05, 0) is 79.7 Å². The minimum Gasteiger partial charge on any atom is -0.464 e. The number of hydrogen-bond donors (Lipinski definition) is 1. The van der Waals surface area contributed by atoms with E-state index in [0.717, 1.165) is 12.8 Å². The molecule has 7 heteroatoms. The number of ether oxygens (including phenoxy) is 1. The zero-order valence-corrected chi connectivity index (χ0v) is 20.8. The maximum atomic E-state index is 13.5. The van der Waals surface area contributed by atoms with Crippen LogP contribution in [0.1, 0.15) is 43.6 Å². The Hall–Kier alpha value is -1.45. The van der Waals surface area contributed by atoms with Crippen molar-refractivity contribution in [2.45, 2.75) is 38.0 Å². The SMILES string of the molecule is O=C(OCCS(=O)(=O)O)C12CC3CC(CC(C3)C1c1cccc([I+]c3ccccc3)c1)C2. The molecule has 4 bridgehead atoms. The molecule has 32 heavy (non-hydrogen) atoms. The predicted molar refractivity (Wildman–Crippen MR) is 116 cm³/mol. The molecule has 4 fully saturated rings. The van der Waals surface area contributed by atoms with E-state index >= 15 is 0 Å². The van der Waals surface area contributed by atoms with Crippen molar-refractivity contribution < 1.29 is 43.7 Å². The number of hydrogen-bond acceptors (Lipinski definition) is 4. The number of benzene rings is 2. The largest absolute Gasteiger partial charge is 0.464 e. The summed E-state index contributed by atoms with van der Waals surface area (Å²) >= 11 is -0.293. The molecule has 6 rings (SSSR count). The minimum atomic E-state index is -4.15. The van der Waals surface area contributed by atoms with Gasteiger partial charge in [0.25, 0.3) is 10.1 Å². The zero-order valence-electron chi connectivity index (χ0n) is 17.8. The second kappa shape index (κ2) is 8.72. The average molecular weight is 567 g/mol. The minimum absolute atomic E-state index is 0.119. The molecule has 3 atom stereocenters. The van der Waals surface area contributed by atoms with Crippen LogP contribution in [0.15, 0.2) is 54.6 Å². The number of carbonyl (C=O) groups is 1. The van der Waals surface area contributed by atoms with Crippen LogP contribution in [0.25, 0.3) is 0 Å². The molecule has 170 valence electrons. The highest BCUT2D eigenvalue weighted by Crippen LogP contribution is 2.66. The van der Waals surface area contributed by atoms with Crippen LogP contribution in [0.2, 0.25) is 0 Å². The Morgan fingerprint density at radius 2 is 1.69 bits per heavy atom. The zero-order chi connectivity index (χ0) is 22.3.